The monoisotopic (exact) mass is 628 g/mol. The third-order valence-electron chi connectivity index (χ3n) is 7.22. The smallest absolute Gasteiger partial charge is 0.316 e. The molecule has 12 nitrogen and oxygen atoms in total. The maximum atomic E-state index is 13.9. The summed E-state index contributed by atoms with van der Waals surface area (Å²) in [6.07, 6.45) is 4.66. The second-order valence-corrected chi connectivity index (χ2v) is 12.1. The molecule has 1 fully saturated rings. The van der Waals surface area contributed by atoms with Crippen molar-refractivity contribution in [3.8, 4) is 0 Å². The van der Waals surface area contributed by atoms with Crippen LogP contribution in [0.3, 0.4) is 0 Å². The van der Waals surface area contributed by atoms with E-state index in [1.807, 2.05) is 20.8 Å². The second-order valence-electron chi connectivity index (χ2n) is 12.1. The average molecular weight is 629 g/mol. The largest absolute Gasteiger partial charge is 0.346 e. The predicted molar refractivity (Wildman–Crippen MR) is 173 cm³/mol. The molecular formula is C33H52N6O6. The van der Waals surface area contributed by atoms with Crippen LogP contribution in [0.4, 0.5) is 4.79 Å². The molecule has 1 aliphatic rings. The van der Waals surface area contributed by atoms with Crippen LogP contribution < -0.4 is 21.3 Å². The van der Waals surface area contributed by atoms with E-state index in [4.69, 9.17) is 0 Å². The summed E-state index contributed by atoms with van der Waals surface area (Å²) in [5, 5.41) is 10.5. The molecule has 1 aliphatic heterocycles. The molecule has 45 heavy (non-hydrogen) atoms. The van der Waals surface area contributed by atoms with Crippen LogP contribution in [0.5, 0.6) is 0 Å². The van der Waals surface area contributed by atoms with Gasteiger partial charge in [0, 0.05) is 19.3 Å². The number of amides is 5. The Bertz CT molecular complexity index is 1180. The first kappa shape index (κ1) is 38.9. The highest BCUT2D eigenvalue weighted by atomic mass is 16.2. The number of likely N-dealkylation sites (tertiary alicyclic amines) is 1. The maximum absolute atomic E-state index is 13.9. The summed E-state index contributed by atoms with van der Waals surface area (Å²) in [5.74, 6) is -3.18. The lowest BCUT2D eigenvalue weighted by molar-refractivity contribution is -0.143. The minimum Gasteiger partial charge on any atom is -0.346 e. The molecule has 12 heteroatoms. The topological polar surface area (TPSA) is 167 Å². The van der Waals surface area contributed by atoms with Crippen molar-refractivity contribution in [1.29, 1.82) is 0 Å². The number of ketones is 2. The van der Waals surface area contributed by atoms with E-state index in [-0.39, 0.29) is 36.9 Å². The number of carbonyl (C=O) groups is 6. The van der Waals surface area contributed by atoms with Crippen LogP contribution in [-0.2, 0) is 19.2 Å². The number of carbonyl (C=O) groups excluding carboxylic acids is 6. The van der Waals surface area contributed by atoms with Gasteiger partial charge in [0.25, 0.3) is 5.91 Å². The minimum absolute atomic E-state index is 0.117. The molecule has 250 valence electrons. The van der Waals surface area contributed by atoms with E-state index < -0.39 is 59.1 Å². The van der Waals surface area contributed by atoms with Gasteiger partial charge in [-0.3, -0.25) is 29.0 Å². The van der Waals surface area contributed by atoms with Gasteiger partial charge >= 0.3 is 6.03 Å². The zero-order valence-corrected chi connectivity index (χ0v) is 28.1. The fraction of sp³-hybridized carbons (Fsp3) is 0.606. The first-order valence-corrected chi connectivity index (χ1v) is 15.8. The Morgan fingerprint density at radius 2 is 1.73 bits per heavy atom. The van der Waals surface area contributed by atoms with Crippen LogP contribution in [0.25, 0.3) is 0 Å². The van der Waals surface area contributed by atoms with Gasteiger partial charge in [-0.05, 0) is 42.7 Å². The Labute approximate surface area is 267 Å². The molecule has 2 rings (SSSR count). The molecule has 0 radical (unpaired) electrons. The molecule has 4 atom stereocenters. The van der Waals surface area contributed by atoms with E-state index in [9.17, 15) is 28.8 Å². The van der Waals surface area contributed by atoms with E-state index in [2.05, 4.69) is 32.8 Å². The van der Waals surface area contributed by atoms with Gasteiger partial charge in [0.05, 0.1) is 12.1 Å². The Morgan fingerprint density at radius 3 is 2.27 bits per heavy atom. The molecule has 1 aromatic rings. The Balaban J connectivity index is 0.00000496. The van der Waals surface area contributed by atoms with E-state index in [1.165, 1.54) is 17.2 Å². The van der Waals surface area contributed by atoms with Crippen LogP contribution in [0.15, 0.2) is 37.1 Å². The third-order valence-corrected chi connectivity index (χ3v) is 7.22. The van der Waals surface area contributed by atoms with Crippen molar-refractivity contribution in [2.45, 2.75) is 105 Å². The van der Waals surface area contributed by atoms with Crippen molar-refractivity contribution in [3.63, 3.8) is 0 Å². The van der Waals surface area contributed by atoms with Crippen molar-refractivity contribution in [3.05, 3.63) is 42.7 Å². The average Bonchev–Trinajstić information content (AvgIpc) is 3.51. The Kier molecular flexibility index (Phi) is 16.1. The SMILES string of the molecule is C=CCNC(=O)C(=O)C(CCC)NC(=O)C1CCCN1C(=O)C(NC(=O)NC(C(=O)c1ccccn1)C(C)C)C(C)(C)C.CC. The summed E-state index contributed by atoms with van der Waals surface area (Å²) in [7, 11) is 0. The normalized spacial score (nSPS) is 16.3. The predicted octanol–water partition coefficient (Wildman–Crippen LogP) is 3.18. The van der Waals surface area contributed by atoms with Gasteiger partial charge in [0.2, 0.25) is 23.4 Å². The molecule has 5 amide bonds. The number of nitrogens with one attached hydrogen (secondary N) is 4. The number of hydrogen-bond acceptors (Lipinski definition) is 7. The molecule has 4 N–H and O–H groups in total. The second kappa shape index (κ2) is 18.7. The lowest BCUT2D eigenvalue weighted by Gasteiger charge is -2.36. The number of rotatable bonds is 14. The van der Waals surface area contributed by atoms with Gasteiger partial charge in [-0.25, -0.2) is 4.79 Å². The Morgan fingerprint density at radius 1 is 1.07 bits per heavy atom. The third kappa shape index (κ3) is 11.4. The molecule has 0 saturated carbocycles. The molecular weight excluding hydrogens is 576 g/mol. The maximum Gasteiger partial charge on any atom is 0.316 e. The zero-order chi connectivity index (χ0) is 34.3. The zero-order valence-electron chi connectivity index (χ0n) is 28.1. The quantitative estimate of drug-likeness (QED) is 0.139. The highest BCUT2D eigenvalue weighted by molar-refractivity contribution is 6.38. The van der Waals surface area contributed by atoms with Crippen LogP contribution in [0.1, 0.15) is 91.6 Å². The number of aromatic nitrogens is 1. The van der Waals surface area contributed by atoms with Gasteiger partial charge in [-0.15, -0.1) is 6.58 Å². The van der Waals surface area contributed by atoms with Crippen LogP contribution in [0, 0.1) is 11.3 Å². The summed E-state index contributed by atoms with van der Waals surface area (Å²) >= 11 is 0. The summed E-state index contributed by atoms with van der Waals surface area (Å²) in [6.45, 7) is 18.7. The van der Waals surface area contributed by atoms with Crippen molar-refractivity contribution in [2.75, 3.05) is 13.1 Å². The molecule has 2 heterocycles. The summed E-state index contributed by atoms with van der Waals surface area (Å²) in [5.41, 5.74) is -0.533. The van der Waals surface area contributed by atoms with E-state index in [0.717, 1.165) is 0 Å². The van der Waals surface area contributed by atoms with Crippen molar-refractivity contribution < 1.29 is 28.8 Å². The number of Topliss-reactive ketones (excluding diaryl/α,β-unsaturated/α-hetero) is 2. The molecule has 1 aromatic heterocycles. The van der Waals surface area contributed by atoms with Crippen molar-refractivity contribution in [2.24, 2.45) is 11.3 Å². The van der Waals surface area contributed by atoms with Gasteiger partial charge in [0.15, 0.2) is 0 Å². The molecule has 0 spiro atoms. The summed E-state index contributed by atoms with van der Waals surface area (Å²) < 4.78 is 0. The minimum atomic E-state index is -1.04. The van der Waals surface area contributed by atoms with Gasteiger partial charge in [-0.2, -0.15) is 0 Å². The Hall–Kier alpha value is -4.09. The fourth-order valence-electron chi connectivity index (χ4n) is 4.87. The molecule has 0 bridgehead atoms. The van der Waals surface area contributed by atoms with E-state index in [0.29, 0.717) is 19.3 Å². The highest BCUT2D eigenvalue weighted by Crippen LogP contribution is 2.26. The van der Waals surface area contributed by atoms with Crippen molar-refractivity contribution >= 4 is 35.3 Å². The van der Waals surface area contributed by atoms with E-state index in [1.54, 1.807) is 52.8 Å². The first-order valence-electron chi connectivity index (χ1n) is 15.8. The summed E-state index contributed by atoms with van der Waals surface area (Å²) in [6, 6.07) is 0.428. The lowest BCUT2D eigenvalue weighted by atomic mass is 9.85. The van der Waals surface area contributed by atoms with E-state index >= 15 is 0 Å². The van der Waals surface area contributed by atoms with Crippen LogP contribution in [-0.4, -0.2) is 82.5 Å². The first-order chi connectivity index (χ1) is 21.2. The summed E-state index contributed by atoms with van der Waals surface area (Å²) in [4.78, 5) is 84.0. The lowest BCUT2D eigenvalue weighted by Crippen LogP contribution is -2.61. The molecule has 4 unspecified atom stereocenters. The number of pyridine rings is 1. The van der Waals surface area contributed by atoms with Gasteiger partial charge in [0.1, 0.15) is 17.8 Å². The van der Waals surface area contributed by atoms with Crippen molar-refractivity contribution in [1.82, 2.24) is 31.2 Å². The van der Waals surface area contributed by atoms with Gasteiger partial charge < -0.3 is 26.2 Å². The molecule has 0 aliphatic carbocycles. The standard InChI is InChI=1S/C31H46N6O6.C2H6/c1-8-13-21(25(39)28(41)33-16-9-2)34-27(40)22-15-12-18-37(22)29(42)26(31(5,6)7)36-30(43)35-23(19(3)4)24(38)20-14-10-11-17-32-20;1-2/h9-11,14,17,19,21-23,26H,2,8,12-13,15-16,18H2,1,3-7H3,(H,33,41)(H,34,40)(H2,35,36,43);1-2H3. The highest BCUT2D eigenvalue weighted by Gasteiger charge is 2.43. The van der Waals surface area contributed by atoms with Crippen LogP contribution in [0.2, 0.25) is 0 Å². The number of nitrogens with zero attached hydrogens (tertiary/aromatic N) is 2. The van der Waals surface area contributed by atoms with Crippen LogP contribution >= 0.6 is 0 Å². The van der Waals surface area contributed by atoms with Gasteiger partial charge in [-0.1, -0.05) is 74.0 Å². The molecule has 0 aromatic carbocycles. The molecule has 1 saturated heterocycles. The number of urea groups is 1. The fourth-order valence-corrected chi connectivity index (χ4v) is 4.87. The number of hydrogen-bond donors (Lipinski definition) is 4.